The van der Waals surface area contributed by atoms with Gasteiger partial charge in [-0.25, -0.2) is 4.98 Å². The van der Waals surface area contributed by atoms with Gasteiger partial charge >= 0.3 is 0 Å². The van der Waals surface area contributed by atoms with Gasteiger partial charge in [-0.2, -0.15) is 0 Å². The molecule has 144 valence electrons. The molecule has 3 heterocycles. The van der Waals surface area contributed by atoms with Crippen LogP contribution in [-0.2, 0) is 4.79 Å². The number of pyridine rings is 1. The van der Waals surface area contributed by atoms with E-state index in [0.29, 0.717) is 17.2 Å². The van der Waals surface area contributed by atoms with Crippen molar-refractivity contribution in [3.8, 4) is 22.8 Å². The number of nitrogens with zero attached hydrogens (tertiary/aromatic N) is 2. The van der Waals surface area contributed by atoms with E-state index in [-0.39, 0.29) is 12.5 Å². The van der Waals surface area contributed by atoms with Gasteiger partial charge in [-0.1, -0.05) is 24.3 Å². The Balaban J connectivity index is 1.29. The van der Waals surface area contributed by atoms with Crippen LogP contribution in [0, 0.1) is 6.92 Å². The lowest BCUT2D eigenvalue weighted by atomic mass is 10.1. The van der Waals surface area contributed by atoms with Gasteiger partial charge < -0.3 is 19.2 Å². The first-order valence-corrected chi connectivity index (χ1v) is 9.41. The highest BCUT2D eigenvalue weighted by atomic mass is 16.6. The molecule has 0 saturated carbocycles. The van der Waals surface area contributed by atoms with E-state index >= 15 is 0 Å². The number of ether oxygens (including phenoxy) is 2. The van der Waals surface area contributed by atoms with E-state index in [1.165, 1.54) is 5.56 Å². The van der Waals surface area contributed by atoms with Crippen molar-refractivity contribution in [2.24, 2.45) is 0 Å². The molecule has 0 bridgehead atoms. The van der Waals surface area contributed by atoms with Crippen molar-refractivity contribution >= 4 is 17.2 Å². The van der Waals surface area contributed by atoms with Crippen molar-refractivity contribution in [1.29, 1.82) is 0 Å². The van der Waals surface area contributed by atoms with Crippen LogP contribution in [0.1, 0.15) is 5.56 Å². The number of hydrogen-bond acceptors (Lipinski definition) is 4. The molecule has 0 aliphatic carbocycles. The fourth-order valence-electron chi connectivity index (χ4n) is 3.32. The number of carbonyl (C=O) groups is 1. The van der Waals surface area contributed by atoms with E-state index in [2.05, 4.69) is 10.3 Å². The van der Waals surface area contributed by atoms with Crippen molar-refractivity contribution in [3.05, 3.63) is 78.6 Å². The summed E-state index contributed by atoms with van der Waals surface area (Å²) in [5, 5.41) is 2.89. The monoisotopic (exact) mass is 385 g/mol. The number of benzene rings is 2. The van der Waals surface area contributed by atoms with E-state index < -0.39 is 6.10 Å². The molecule has 5 rings (SSSR count). The first kappa shape index (κ1) is 17.3. The number of aromatic nitrogens is 2. The highest BCUT2D eigenvalue weighted by molar-refractivity contribution is 5.95. The molecular formula is C23H19N3O3. The minimum Gasteiger partial charge on any atom is -0.485 e. The van der Waals surface area contributed by atoms with E-state index in [0.717, 1.165) is 16.9 Å². The number of carbonyl (C=O) groups excluding carboxylic acids is 1. The van der Waals surface area contributed by atoms with Crippen molar-refractivity contribution in [1.82, 2.24) is 9.38 Å². The molecule has 4 aromatic rings. The number of rotatable bonds is 3. The second-order valence-electron chi connectivity index (χ2n) is 7.03. The van der Waals surface area contributed by atoms with Crippen LogP contribution >= 0.6 is 0 Å². The van der Waals surface area contributed by atoms with Crippen LogP contribution in [0.4, 0.5) is 5.69 Å². The second-order valence-corrected chi connectivity index (χ2v) is 7.03. The molecule has 6 nitrogen and oxygen atoms in total. The van der Waals surface area contributed by atoms with Gasteiger partial charge in [0.15, 0.2) is 11.5 Å². The molecule has 1 aliphatic rings. The maximum atomic E-state index is 12.5. The van der Waals surface area contributed by atoms with Gasteiger partial charge in [0.1, 0.15) is 12.3 Å². The molecule has 0 saturated heterocycles. The van der Waals surface area contributed by atoms with Gasteiger partial charge in [0.25, 0.3) is 5.91 Å². The topological polar surface area (TPSA) is 64.9 Å². The number of imidazole rings is 1. The molecule has 2 aromatic heterocycles. The summed E-state index contributed by atoms with van der Waals surface area (Å²) in [6.07, 6.45) is 3.30. The normalized spacial score (nSPS) is 15.3. The van der Waals surface area contributed by atoms with E-state index in [4.69, 9.17) is 9.47 Å². The predicted octanol–water partition coefficient (Wildman–Crippen LogP) is 4.09. The molecule has 1 amide bonds. The summed E-state index contributed by atoms with van der Waals surface area (Å²) in [6.45, 7) is 2.23. The Morgan fingerprint density at radius 1 is 1.10 bits per heavy atom. The lowest BCUT2D eigenvalue weighted by Crippen LogP contribution is -2.40. The summed E-state index contributed by atoms with van der Waals surface area (Å²) < 4.78 is 13.4. The first-order valence-electron chi connectivity index (χ1n) is 9.41. The summed E-state index contributed by atoms with van der Waals surface area (Å²) >= 11 is 0. The molecule has 0 fully saturated rings. The molecular weight excluding hydrogens is 366 g/mol. The molecule has 0 radical (unpaired) electrons. The molecule has 1 N–H and O–H groups in total. The second kappa shape index (κ2) is 6.98. The van der Waals surface area contributed by atoms with Crippen LogP contribution < -0.4 is 14.8 Å². The third-order valence-corrected chi connectivity index (χ3v) is 4.86. The average Bonchev–Trinajstić information content (AvgIpc) is 3.17. The van der Waals surface area contributed by atoms with Crippen LogP contribution in [0.2, 0.25) is 0 Å². The van der Waals surface area contributed by atoms with E-state index in [1.807, 2.05) is 78.3 Å². The van der Waals surface area contributed by atoms with Gasteiger partial charge in [-0.15, -0.1) is 0 Å². The Hall–Kier alpha value is -3.80. The third-order valence-electron chi connectivity index (χ3n) is 4.86. The van der Waals surface area contributed by atoms with Crippen LogP contribution in [0.5, 0.6) is 11.5 Å². The van der Waals surface area contributed by atoms with Crippen molar-refractivity contribution in [3.63, 3.8) is 0 Å². The molecule has 2 aromatic carbocycles. The van der Waals surface area contributed by atoms with Crippen molar-refractivity contribution in [2.75, 3.05) is 11.9 Å². The molecule has 6 heteroatoms. The van der Waals surface area contributed by atoms with Gasteiger partial charge in [-0.05, 0) is 48.9 Å². The summed E-state index contributed by atoms with van der Waals surface area (Å²) in [6, 6.07) is 19.0. The minimum absolute atomic E-state index is 0.182. The van der Waals surface area contributed by atoms with Gasteiger partial charge in [0, 0.05) is 23.6 Å². The maximum Gasteiger partial charge on any atom is 0.269 e. The zero-order chi connectivity index (χ0) is 19.8. The number of aryl methyl sites for hydroxylation is 1. The number of para-hydroxylation sites is 2. The quantitative estimate of drug-likeness (QED) is 0.577. The Morgan fingerprint density at radius 2 is 1.90 bits per heavy atom. The van der Waals surface area contributed by atoms with Crippen LogP contribution in [0.15, 0.2) is 73.1 Å². The number of nitrogens with one attached hydrogen (secondary N) is 1. The van der Waals surface area contributed by atoms with Gasteiger partial charge in [0.2, 0.25) is 6.10 Å². The Labute approximate surface area is 167 Å². The largest absolute Gasteiger partial charge is 0.485 e. The lowest BCUT2D eigenvalue weighted by Gasteiger charge is -2.25. The standard InChI is InChI=1S/C23H19N3O3/c1-15-10-11-26-13-18(25-22(26)12-15)16-6-8-17(9-7-16)24-23(27)21-14-28-19-4-2-3-5-20(19)29-21/h2-13,21H,14H2,1H3,(H,24,27)/t21-/m0/s1. The number of fused-ring (bicyclic) bond motifs is 2. The zero-order valence-electron chi connectivity index (χ0n) is 15.8. The maximum absolute atomic E-state index is 12.5. The fraction of sp³-hybridized carbons (Fsp3) is 0.130. The zero-order valence-corrected chi connectivity index (χ0v) is 15.8. The highest BCUT2D eigenvalue weighted by Gasteiger charge is 2.27. The first-order chi connectivity index (χ1) is 14.2. The highest BCUT2D eigenvalue weighted by Crippen LogP contribution is 2.31. The Kier molecular flexibility index (Phi) is 4.17. The molecule has 0 spiro atoms. The van der Waals surface area contributed by atoms with Gasteiger partial charge in [-0.3, -0.25) is 4.79 Å². The predicted molar refractivity (Wildman–Crippen MR) is 110 cm³/mol. The van der Waals surface area contributed by atoms with Crippen LogP contribution in [0.25, 0.3) is 16.9 Å². The summed E-state index contributed by atoms with van der Waals surface area (Å²) in [4.78, 5) is 17.2. The summed E-state index contributed by atoms with van der Waals surface area (Å²) in [5.74, 6) is 0.996. The van der Waals surface area contributed by atoms with E-state index in [9.17, 15) is 4.79 Å². The molecule has 0 unspecified atom stereocenters. The Bertz CT molecular complexity index is 1200. The lowest BCUT2D eigenvalue weighted by molar-refractivity contribution is -0.125. The van der Waals surface area contributed by atoms with Crippen LogP contribution in [-0.4, -0.2) is 28.0 Å². The fourth-order valence-corrected chi connectivity index (χ4v) is 3.32. The SMILES string of the molecule is Cc1ccn2cc(-c3ccc(NC(=O)[C@@H]4COc5ccccc5O4)cc3)nc2c1. The van der Waals surface area contributed by atoms with Gasteiger partial charge in [0.05, 0.1) is 5.69 Å². The number of hydrogen-bond donors (Lipinski definition) is 1. The third kappa shape index (κ3) is 3.40. The molecule has 1 atom stereocenters. The number of amides is 1. The van der Waals surface area contributed by atoms with Crippen molar-refractivity contribution < 1.29 is 14.3 Å². The summed E-state index contributed by atoms with van der Waals surface area (Å²) in [7, 11) is 0. The summed E-state index contributed by atoms with van der Waals surface area (Å²) in [5.41, 5.74) is 4.64. The average molecular weight is 385 g/mol. The number of anilines is 1. The van der Waals surface area contributed by atoms with E-state index in [1.54, 1.807) is 6.07 Å². The molecule has 1 aliphatic heterocycles. The Morgan fingerprint density at radius 3 is 2.72 bits per heavy atom. The molecule has 29 heavy (non-hydrogen) atoms. The smallest absolute Gasteiger partial charge is 0.269 e. The van der Waals surface area contributed by atoms with Crippen LogP contribution in [0.3, 0.4) is 0 Å². The minimum atomic E-state index is -0.689. The van der Waals surface area contributed by atoms with Crippen molar-refractivity contribution in [2.45, 2.75) is 13.0 Å².